The summed E-state index contributed by atoms with van der Waals surface area (Å²) in [6, 6.07) is 4.17. The van der Waals surface area contributed by atoms with Crippen LogP contribution in [0, 0.1) is 0 Å². The second-order valence-electron chi connectivity index (χ2n) is 5.83. The van der Waals surface area contributed by atoms with Crippen LogP contribution in [0.5, 0.6) is 5.75 Å². The Bertz CT molecular complexity index is 488. The van der Waals surface area contributed by atoms with E-state index in [1.54, 1.807) is 7.11 Å². The molecule has 5 heteroatoms. The normalized spacial score (nSPS) is 17.6. The molecule has 1 heterocycles. The molecule has 1 aromatic rings. The van der Waals surface area contributed by atoms with E-state index in [0.717, 1.165) is 57.0 Å². The van der Waals surface area contributed by atoms with Gasteiger partial charge in [0.15, 0.2) is 5.75 Å². The van der Waals surface area contributed by atoms with Gasteiger partial charge < -0.3 is 14.7 Å². The van der Waals surface area contributed by atoms with Gasteiger partial charge in [-0.3, -0.25) is 4.90 Å². The number of anilines is 1. The quantitative estimate of drug-likeness (QED) is 0.872. The zero-order valence-electron chi connectivity index (χ0n) is 13.8. The van der Waals surface area contributed by atoms with Crippen LogP contribution >= 0.6 is 11.6 Å². The molecular formula is C17H27ClN2O2. The molecule has 0 saturated carbocycles. The topological polar surface area (TPSA) is 35.9 Å². The molecule has 0 bridgehead atoms. The lowest BCUT2D eigenvalue weighted by atomic mass is 10.1. The maximum absolute atomic E-state index is 9.79. The first-order valence-electron chi connectivity index (χ1n) is 8.10. The maximum atomic E-state index is 9.79. The molecule has 1 fully saturated rings. The molecule has 0 spiro atoms. The molecular weight excluding hydrogens is 300 g/mol. The van der Waals surface area contributed by atoms with Crippen molar-refractivity contribution in [2.24, 2.45) is 0 Å². The zero-order valence-corrected chi connectivity index (χ0v) is 14.6. The van der Waals surface area contributed by atoms with Gasteiger partial charge in [-0.25, -0.2) is 0 Å². The summed E-state index contributed by atoms with van der Waals surface area (Å²) in [7, 11) is 1.67. The molecule has 1 aliphatic rings. The summed E-state index contributed by atoms with van der Waals surface area (Å²) < 4.78 is 5.51. The average molecular weight is 327 g/mol. The third kappa shape index (κ3) is 4.06. The number of hydrogen-bond donors (Lipinski definition) is 1. The number of methoxy groups -OCH3 is 1. The minimum absolute atomic E-state index is 0.223. The Balaban J connectivity index is 2.09. The molecule has 4 nitrogen and oxygen atoms in total. The highest BCUT2D eigenvalue weighted by Gasteiger charge is 2.22. The number of β-amino-alcohol motifs (C(OH)–C–C–N with tert-alkyl or cyclic N) is 1. The molecule has 1 N–H and O–H groups in total. The summed E-state index contributed by atoms with van der Waals surface area (Å²) >= 11 is 6.35. The van der Waals surface area contributed by atoms with Crippen molar-refractivity contribution in [2.75, 3.05) is 44.7 Å². The third-order valence-electron chi connectivity index (χ3n) is 4.35. The smallest absolute Gasteiger partial charge is 0.160 e. The molecule has 124 valence electrons. The van der Waals surface area contributed by atoms with Crippen molar-refractivity contribution in [2.45, 2.75) is 32.8 Å². The van der Waals surface area contributed by atoms with Crippen LogP contribution < -0.4 is 9.64 Å². The number of hydrogen-bond acceptors (Lipinski definition) is 4. The van der Waals surface area contributed by atoms with Gasteiger partial charge >= 0.3 is 0 Å². The van der Waals surface area contributed by atoms with Crippen LogP contribution in [-0.2, 0) is 6.42 Å². The van der Waals surface area contributed by atoms with Crippen molar-refractivity contribution >= 4 is 17.3 Å². The van der Waals surface area contributed by atoms with Crippen molar-refractivity contribution < 1.29 is 9.84 Å². The monoisotopic (exact) mass is 326 g/mol. The molecule has 1 atom stereocenters. The van der Waals surface area contributed by atoms with Gasteiger partial charge in [0.1, 0.15) is 0 Å². The number of ether oxygens (including phenoxy) is 1. The number of aliphatic hydroxyl groups excluding tert-OH is 1. The average Bonchev–Trinajstić information content (AvgIpc) is 2.54. The summed E-state index contributed by atoms with van der Waals surface area (Å²) in [5, 5.41) is 10.5. The number of halogens is 1. The molecule has 1 aromatic carbocycles. The number of aliphatic hydroxyl groups is 1. The van der Waals surface area contributed by atoms with Crippen LogP contribution in [0.3, 0.4) is 0 Å². The first-order valence-corrected chi connectivity index (χ1v) is 8.48. The molecule has 0 radical (unpaired) electrons. The van der Waals surface area contributed by atoms with Gasteiger partial charge in [-0.1, -0.05) is 25.4 Å². The molecule has 0 aromatic heterocycles. The van der Waals surface area contributed by atoms with Gasteiger partial charge in [-0.05, 0) is 30.5 Å². The minimum atomic E-state index is -0.223. The Morgan fingerprint density at radius 3 is 2.45 bits per heavy atom. The summed E-state index contributed by atoms with van der Waals surface area (Å²) in [6.45, 7) is 8.67. The van der Waals surface area contributed by atoms with E-state index in [1.165, 1.54) is 5.56 Å². The predicted molar refractivity (Wildman–Crippen MR) is 92.3 cm³/mol. The van der Waals surface area contributed by atoms with Crippen LogP contribution in [0.1, 0.15) is 25.8 Å². The molecule has 2 rings (SSSR count). The van der Waals surface area contributed by atoms with Crippen LogP contribution in [0.25, 0.3) is 0 Å². The van der Waals surface area contributed by atoms with E-state index in [9.17, 15) is 5.11 Å². The highest BCUT2D eigenvalue weighted by molar-refractivity contribution is 6.32. The van der Waals surface area contributed by atoms with Crippen molar-refractivity contribution in [3.63, 3.8) is 0 Å². The lowest BCUT2D eigenvalue weighted by molar-refractivity contribution is 0.106. The van der Waals surface area contributed by atoms with E-state index in [-0.39, 0.29) is 6.10 Å². The van der Waals surface area contributed by atoms with Crippen LogP contribution in [-0.4, -0.2) is 55.9 Å². The summed E-state index contributed by atoms with van der Waals surface area (Å²) in [6.07, 6.45) is 1.54. The minimum Gasteiger partial charge on any atom is -0.493 e. The van der Waals surface area contributed by atoms with Crippen molar-refractivity contribution in [1.82, 2.24) is 4.90 Å². The Morgan fingerprint density at radius 2 is 1.91 bits per heavy atom. The van der Waals surface area contributed by atoms with E-state index >= 15 is 0 Å². The van der Waals surface area contributed by atoms with Crippen LogP contribution in [0.4, 0.5) is 5.69 Å². The van der Waals surface area contributed by atoms with Gasteiger partial charge in [0.05, 0.1) is 23.9 Å². The number of rotatable bonds is 6. The third-order valence-corrected chi connectivity index (χ3v) is 4.63. The molecule has 0 aliphatic carbocycles. The highest BCUT2D eigenvalue weighted by Crippen LogP contribution is 2.37. The Kier molecular flexibility index (Phi) is 6.36. The molecule has 1 aliphatic heterocycles. The highest BCUT2D eigenvalue weighted by atomic mass is 35.5. The van der Waals surface area contributed by atoms with E-state index in [1.807, 2.05) is 13.0 Å². The van der Waals surface area contributed by atoms with E-state index in [2.05, 4.69) is 22.8 Å². The Labute approximate surface area is 138 Å². The fourth-order valence-electron chi connectivity index (χ4n) is 2.87. The van der Waals surface area contributed by atoms with Crippen molar-refractivity contribution in [1.29, 1.82) is 0 Å². The predicted octanol–water partition coefficient (Wildman–Crippen LogP) is 2.80. The largest absolute Gasteiger partial charge is 0.493 e. The lowest BCUT2D eigenvalue weighted by Crippen LogP contribution is -2.48. The molecule has 1 saturated heterocycles. The van der Waals surface area contributed by atoms with Gasteiger partial charge in [0.25, 0.3) is 0 Å². The molecule has 0 amide bonds. The Morgan fingerprint density at radius 1 is 1.23 bits per heavy atom. The van der Waals surface area contributed by atoms with Crippen molar-refractivity contribution in [3.8, 4) is 5.75 Å². The fraction of sp³-hybridized carbons (Fsp3) is 0.647. The van der Waals surface area contributed by atoms with E-state index in [4.69, 9.17) is 16.3 Å². The molecule has 22 heavy (non-hydrogen) atoms. The van der Waals surface area contributed by atoms with E-state index in [0.29, 0.717) is 5.02 Å². The SMILES string of the molecule is CCc1cc(Cl)c(OC)c(N2CCN(CC(O)CC)CC2)c1. The van der Waals surface area contributed by atoms with Crippen LogP contribution in [0.15, 0.2) is 12.1 Å². The molecule has 1 unspecified atom stereocenters. The second kappa shape index (κ2) is 8.04. The number of nitrogens with zero attached hydrogens (tertiary/aromatic N) is 2. The Hall–Kier alpha value is -0.970. The summed E-state index contributed by atoms with van der Waals surface area (Å²) in [5.74, 6) is 0.765. The number of aryl methyl sites for hydroxylation is 1. The first kappa shape index (κ1) is 17.4. The second-order valence-corrected chi connectivity index (χ2v) is 6.24. The lowest BCUT2D eigenvalue weighted by Gasteiger charge is -2.37. The van der Waals surface area contributed by atoms with E-state index < -0.39 is 0 Å². The summed E-state index contributed by atoms with van der Waals surface area (Å²) in [4.78, 5) is 4.65. The maximum Gasteiger partial charge on any atom is 0.160 e. The number of benzene rings is 1. The first-order chi connectivity index (χ1) is 10.6. The zero-order chi connectivity index (χ0) is 16.1. The number of piperazine rings is 1. The van der Waals surface area contributed by atoms with Crippen molar-refractivity contribution in [3.05, 3.63) is 22.7 Å². The standard InChI is InChI=1S/C17H27ClN2O2/c1-4-13-10-15(18)17(22-3)16(11-13)20-8-6-19(7-9-20)12-14(21)5-2/h10-11,14,21H,4-9,12H2,1-3H3. The van der Waals surface area contributed by atoms with Gasteiger partial charge in [-0.2, -0.15) is 0 Å². The fourth-order valence-corrected chi connectivity index (χ4v) is 3.19. The van der Waals surface area contributed by atoms with Gasteiger partial charge in [0, 0.05) is 32.7 Å². The van der Waals surface area contributed by atoms with Crippen LogP contribution in [0.2, 0.25) is 5.02 Å². The van der Waals surface area contributed by atoms with Gasteiger partial charge in [0.2, 0.25) is 0 Å². The summed E-state index contributed by atoms with van der Waals surface area (Å²) in [5.41, 5.74) is 2.31. The van der Waals surface area contributed by atoms with Gasteiger partial charge in [-0.15, -0.1) is 0 Å².